The van der Waals surface area contributed by atoms with Crippen LogP contribution in [-0.4, -0.2) is 21.8 Å². The van der Waals surface area contributed by atoms with E-state index in [1.807, 2.05) is 60.8 Å². The summed E-state index contributed by atoms with van der Waals surface area (Å²) in [5.41, 5.74) is 6.29. The second kappa shape index (κ2) is 10.4. The van der Waals surface area contributed by atoms with Gasteiger partial charge in [-0.25, -0.2) is 9.78 Å². The number of nitrogens with one attached hydrogen (secondary N) is 1. The van der Waals surface area contributed by atoms with Gasteiger partial charge in [-0.05, 0) is 55.9 Å². The lowest BCUT2D eigenvalue weighted by atomic mass is 9.89. The van der Waals surface area contributed by atoms with E-state index in [2.05, 4.69) is 10.3 Å². The molecular weight excluding hydrogens is 458 g/mol. The summed E-state index contributed by atoms with van der Waals surface area (Å²) in [5.74, 6) is -0.423. The fourth-order valence-electron chi connectivity index (χ4n) is 4.48. The molecule has 0 aliphatic heterocycles. The SMILES string of the molecule is Cc1ccc2nc3c(c(C(=O)OCc4csc(CC(=O)NCc5ccccc5)n4)c2c1)CCCC3. The molecule has 4 aromatic rings. The molecule has 0 saturated heterocycles. The zero-order chi connectivity index (χ0) is 24.2. The van der Waals surface area contributed by atoms with Crippen molar-refractivity contribution in [2.75, 3.05) is 0 Å². The number of fused-ring (bicyclic) bond motifs is 2. The molecule has 2 aromatic carbocycles. The minimum Gasteiger partial charge on any atom is -0.456 e. The van der Waals surface area contributed by atoms with Crippen molar-refractivity contribution >= 4 is 34.1 Å². The molecule has 0 bridgehead atoms. The predicted octanol–water partition coefficient (Wildman–Crippen LogP) is 5.09. The normalized spacial score (nSPS) is 12.8. The molecule has 0 radical (unpaired) electrons. The maximum absolute atomic E-state index is 13.3. The standard InChI is InChI=1S/C28H27N3O3S/c1-18-11-12-24-22(13-18)27(21-9-5-6-10-23(21)31-24)28(33)34-16-20-17-35-26(30-20)14-25(32)29-15-19-7-3-2-4-8-19/h2-4,7-8,11-13,17H,5-6,9-10,14-16H2,1H3,(H,29,32). The average molecular weight is 486 g/mol. The number of pyridine rings is 1. The lowest BCUT2D eigenvalue weighted by molar-refractivity contribution is -0.120. The molecule has 6 nitrogen and oxygen atoms in total. The van der Waals surface area contributed by atoms with Gasteiger partial charge in [-0.1, -0.05) is 42.0 Å². The summed E-state index contributed by atoms with van der Waals surface area (Å²) in [5, 5.41) is 6.31. The predicted molar refractivity (Wildman–Crippen MR) is 136 cm³/mol. The van der Waals surface area contributed by atoms with Gasteiger partial charge >= 0.3 is 5.97 Å². The van der Waals surface area contributed by atoms with Crippen LogP contribution < -0.4 is 5.32 Å². The molecule has 2 aromatic heterocycles. The number of thiazole rings is 1. The maximum Gasteiger partial charge on any atom is 0.339 e. The molecule has 0 fully saturated rings. The molecule has 0 spiro atoms. The van der Waals surface area contributed by atoms with Gasteiger partial charge in [-0.3, -0.25) is 9.78 Å². The first-order chi connectivity index (χ1) is 17.1. The summed E-state index contributed by atoms with van der Waals surface area (Å²) in [6.45, 7) is 2.57. The van der Waals surface area contributed by atoms with Crippen molar-refractivity contribution < 1.29 is 14.3 Å². The van der Waals surface area contributed by atoms with Crippen molar-refractivity contribution in [3.8, 4) is 0 Å². The molecule has 35 heavy (non-hydrogen) atoms. The van der Waals surface area contributed by atoms with Crippen LogP contribution in [0.4, 0.5) is 0 Å². The van der Waals surface area contributed by atoms with Crippen molar-refractivity contribution in [1.29, 1.82) is 0 Å². The molecule has 1 aliphatic carbocycles. The number of nitrogens with zero attached hydrogens (tertiary/aromatic N) is 2. The van der Waals surface area contributed by atoms with Crippen LogP contribution in [0.5, 0.6) is 0 Å². The number of hydrogen-bond acceptors (Lipinski definition) is 6. The highest BCUT2D eigenvalue weighted by Gasteiger charge is 2.24. The number of carbonyl (C=O) groups is 2. The van der Waals surface area contributed by atoms with Crippen LogP contribution in [0.15, 0.2) is 53.9 Å². The van der Waals surface area contributed by atoms with Crippen molar-refractivity contribution in [1.82, 2.24) is 15.3 Å². The Bertz CT molecular complexity index is 1380. The Labute approximate surface area is 208 Å². The molecule has 7 heteroatoms. The third-order valence-corrected chi connectivity index (χ3v) is 7.11. The molecule has 5 rings (SSSR count). The van der Waals surface area contributed by atoms with Gasteiger partial charge in [0.25, 0.3) is 0 Å². The van der Waals surface area contributed by atoms with E-state index < -0.39 is 0 Å². The summed E-state index contributed by atoms with van der Waals surface area (Å²) < 4.78 is 5.73. The Morgan fingerprint density at radius 2 is 1.89 bits per heavy atom. The number of amides is 1. The fraction of sp³-hybridized carbons (Fsp3) is 0.286. The van der Waals surface area contributed by atoms with Crippen LogP contribution in [0.2, 0.25) is 0 Å². The second-order valence-corrected chi connectivity index (χ2v) is 9.83. The van der Waals surface area contributed by atoms with Gasteiger partial charge in [0.2, 0.25) is 5.91 Å². The molecule has 178 valence electrons. The van der Waals surface area contributed by atoms with E-state index >= 15 is 0 Å². The van der Waals surface area contributed by atoms with Gasteiger partial charge in [0.1, 0.15) is 11.6 Å². The maximum atomic E-state index is 13.3. The van der Waals surface area contributed by atoms with E-state index in [0.717, 1.165) is 59.0 Å². The topological polar surface area (TPSA) is 81.2 Å². The molecule has 2 heterocycles. The molecule has 1 aliphatic rings. The minimum absolute atomic E-state index is 0.0748. The highest BCUT2D eigenvalue weighted by molar-refractivity contribution is 7.09. The largest absolute Gasteiger partial charge is 0.456 e. The number of hydrogen-bond donors (Lipinski definition) is 1. The van der Waals surface area contributed by atoms with Gasteiger partial charge in [-0.2, -0.15) is 0 Å². The summed E-state index contributed by atoms with van der Waals surface area (Å²) >= 11 is 1.40. The number of aromatic nitrogens is 2. The average Bonchev–Trinajstić information content (AvgIpc) is 3.32. The first-order valence-electron chi connectivity index (χ1n) is 11.9. The van der Waals surface area contributed by atoms with Crippen molar-refractivity contribution in [2.45, 2.75) is 52.2 Å². The molecule has 1 amide bonds. The number of ether oxygens (including phenoxy) is 1. The van der Waals surface area contributed by atoms with Crippen LogP contribution in [0.1, 0.15) is 56.3 Å². The van der Waals surface area contributed by atoms with E-state index in [-0.39, 0.29) is 24.9 Å². The summed E-state index contributed by atoms with van der Waals surface area (Å²) in [6.07, 6.45) is 4.07. The van der Waals surface area contributed by atoms with E-state index in [9.17, 15) is 9.59 Å². The summed E-state index contributed by atoms with van der Waals surface area (Å²) in [7, 11) is 0. The number of benzene rings is 2. The number of carbonyl (C=O) groups excluding carboxylic acids is 2. The molecule has 0 atom stereocenters. The Kier molecular flexibility index (Phi) is 6.86. The summed E-state index contributed by atoms with van der Waals surface area (Å²) in [4.78, 5) is 34.9. The number of aryl methyl sites for hydroxylation is 2. The fourth-order valence-corrected chi connectivity index (χ4v) is 5.25. The third kappa shape index (κ3) is 5.41. The van der Waals surface area contributed by atoms with Gasteiger partial charge in [0.15, 0.2) is 0 Å². The Hall–Kier alpha value is -3.58. The Morgan fingerprint density at radius 1 is 1.06 bits per heavy atom. The quantitative estimate of drug-likeness (QED) is 0.369. The van der Waals surface area contributed by atoms with Crippen molar-refractivity contribution in [3.05, 3.63) is 92.6 Å². The van der Waals surface area contributed by atoms with Gasteiger partial charge in [0, 0.05) is 23.0 Å². The van der Waals surface area contributed by atoms with Crippen LogP contribution in [-0.2, 0) is 41.9 Å². The number of rotatable bonds is 7. The molecular formula is C28H27N3O3S. The van der Waals surface area contributed by atoms with Crippen LogP contribution in [0.3, 0.4) is 0 Å². The Morgan fingerprint density at radius 3 is 2.74 bits per heavy atom. The van der Waals surface area contributed by atoms with Gasteiger partial charge in [-0.15, -0.1) is 11.3 Å². The zero-order valence-electron chi connectivity index (χ0n) is 19.7. The van der Waals surface area contributed by atoms with Crippen LogP contribution in [0.25, 0.3) is 10.9 Å². The lowest BCUT2D eigenvalue weighted by Gasteiger charge is -2.20. The van der Waals surface area contributed by atoms with Gasteiger partial charge in [0.05, 0.1) is 23.2 Å². The van der Waals surface area contributed by atoms with Crippen LogP contribution in [0, 0.1) is 6.92 Å². The smallest absolute Gasteiger partial charge is 0.339 e. The lowest BCUT2D eigenvalue weighted by Crippen LogP contribution is -2.24. The Balaban J connectivity index is 1.25. The van der Waals surface area contributed by atoms with Gasteiger partial charge < -0.3 is 10.1 Å². The first kappa shape index (κ1) is 23.2. The van der Waals surface area contributed by atoms with Crippen molar-refractivity contribution in [2.24, 2.45) is 0 Å². The third-order valence-electron chi connectivity index (χ3n) is 6.22. The highest BCUT2D eigenvalue weighted by Crippen LogP contribution is 2.30. The molecule has 0 unspecified atom stereocenters. The number of esters is 1. The zero-order valence-corrected chi connectivity index (χ0v) is 20.5. The van der Waals surface area contributed by atoms with Crippen molar-refractivity contribution in [3.63, 3.8) is 0 Å². The minimum atomic E-state index is -0.337. The van der Waals surface area contributed by atoms with E-state index in [0.29, 0.717) is 22.8 Å². The first-order valence-corrected chi connectivity index (χ1v) is 12.8. The molecule has 1 N–H and O–H groups in total. The second-order valence-electron chi connectivity index (χ2n) is 8.89. The van der Waals surface area contributed by atoms with E-state index in [1.165, 1.54) is 11.3 Å². The van der Waals surface area contributed by atoms with E-state index in [1.54, 1.807) is 0 Å². The van der Waals surface area contributed by atoms with E-state index in [4.69, 9.17) is 9.72 Å². The monoisotopic (exact) mass is 485 g/mol. The van der Waals surface area contributed by atoms with Crippen LogP contribution >= 0.6 is 11.3 Å². The highest BCUT2D eigenvalue weighted by atomic mass is 32.1. The summed E-state index contributed by atoms with van der Waals surface area (Å²) in [6, 6.07) is 15.8. The molecule has 0 saturated carbocycles.